The van der Waals surface area contributed by atoms with Gasteiger partial charge < -0.3 is 19.9 Å². The van der Waals surface area contributed by atoms with Gasteiger partial charge in [-0.1, -0.05) is 18.2 Å². The van der Waals surface area contributed by atoms with E-state index in [9.17, 15) is 9.59 Å². The van der Waals surface area contributed by atoms with Gasteiger partial charge in [0.1, 0.15) is 11.6 Å². The topological polar surface area (TPSA) is 87.3 Å². The number of hydrogen-bond donors (Lipinski definition) is 2. The quantitative estimate of drug-likeness (QED) is 0.675. The number of carbonyl (C=O) groups excluding carboxylic acids is 2. The second kappa shape index (κ2) is 7.95. The number of carbonyl (C=O) groups is 2. The van der Waals surface area contributed by atoms with Crippen molar-refractivity contribution in [1.82, 2.24) is 14.9 Å². The minimum Gasteiger partial charge on any atom is -0.496 e. The lowest BCUT2D eigenvalue weighted by atomic mass is 10.1. The Hall–Kier alpha value is -3.35. The molecular formula is C22H24N4O3. The molecule has 1 fully saturated rings. The van der Waals surface area contributed by atoms with Crippen molar-refractivity contribution in [1.29, 1.82) is 0 Å². The number of aryl methyl sites for hydroxylation is 1. The molecule has 7 nitrogen and oxygen atoms in total. The molecule has 0 aliphatic carbocycles. The van der Waals surface area contributed by atoms with Gasteiger partial charge in [0.15, 0.2) is 0 Å². The minimum atomic E-state index is -0.348. The zero-order valence-electron chi connectivity index (χ0n) is 16.6. The molecule has 1 atom stereocenters. The van der Waals surface area contributed by atoms with E-state index in [1.165, 1.54) is 0 Å². The van der Waals surface area contributed by atoms with E-state index in [0.29, 0.717) is 25.2 Å². The van der Waals surface area contributed by atoms with Gasteiger partial charge >= 0.3 is 0 Å². The molecule has 1 aromatic heterocycles. The van der Waals surface area contributed by atoms with Crippen LogP contribution >= 0.6 is 0 Å². The van der Waals surface area contributed by atoms with Crippen molar-refractivity contribution >= 4 is 28.5 Å². The Kier molecular flexibility index (Phi) is 5.20. The van der Waals surface area contributed by atoms with E-state index < -0.39 is 0 Å². The van der Waals surface area contributed by atoms with Crippen molar-refractivity contribution in [2.75, 3.05) is 25.5 Å². The Morgan fingerprint density at radius 2 is 2.14 bits per heavy atom. The van der Waals surface area contributed by atoms with Gasteiger partial charge in [0.25, 0.3) is 0 Å². The van der Waals surface area contributed by atoms with Crippen LogP contribution in [0.1, 0.15) is 17.8 Å². The predicted octanol–water partition coefficient (Wildman–Crippen LogP) is 2.91. The van der Waals surface area contributed by atoms with Gasteiger partial charge in [-0.15, -0.1) is 0 Å². The summed E-state index contributed by atoms with van der Waals surface area (Å²) in [7, 11) is 1.64. The van der Waals surface area contributed by atoms with Crippen molar-refractivity contribution in [3.8, 4) is 5.75 Å². The predicted molar refractivity (Wildman–Crippen MR) is 111 cm³/mol. The number of H-pyrrole nitrogens is 1. The fourth-order valence-electron chi connectivity index (χ4n) is 3.79. The average Bonchev–Trinajstić information content (AvgIpc) is 3.27. The number of nitrogens with one attached hydrogen (secondary N) is 2. The molecule has 0 spiro atoms. The van der Waals surface area contributed by atoms with Gasteiger partial charge in [-0.25, -0.2) is 4.98 Å². The van der Waals surface area contributed by atoms with Crippen LogP contribution in [0, 0.1) is 12.8 Å². The first kappa shape index (κ1) is 19.0. The normalized spacial score (nSPS) is 16.4. The highest BCUT2D eigenvalue weighted by Gasteiger charge is 2.34. The SMILES string of the molecule is COc1ccccc1CCN1C[C@H](C(=O)Nc2ccc3nc(C)[nH]c3c2)CC1=O. The first-order valence-electron chi connectivity index (χ1n) is 9.70. The summed E-state index contributed by atoms with van der Waals surface area (Å²) >= 11 is 0. The first-order chi connectivity index (χ1) is 14.0. The van der Waals surface area contributed by atoms with E-state index >= 15 is 0 Å². The largest absolute Gasteiger partial charge is 0.496 e. The van der Waals surface area contributed by atoms with Crippen LogP contribution in [0.4, 0.5) is 5.69 Å². The molecule has 0 saturated carbocycles. The number of aromatic amines is 1. The molecule has 2 aromatic carbocycles. The summed E-state index contributed by atoms with van der Waals surface area (Å²) < 4.78 is 5.37. The van der Waals surface area contributed by atoms with E-state index in [-0.39, 0.29) is 24.2 Å². The molecule has 0 bridgehead atoms. The highest BCUT2D eigenvalue weighted by atomic mass is 16.5. The standard InChI is InChI=1S/C22H24N4O3/c1-14-23-18-8-7-17(12-19(18)24-14)25-22(28)16-11-21(27)26(13-16)10-9-15-5-3-4-6-20(15)29-2/h3-8,12,16H,9-11,13H2,1-2H3,(H,23,24)(H,25,28)/t16-/m1/s1. The van der Waals surface area contributed by atoms with Crippen LogP contribution in [0.25, 0.3) is 11.0 Å². The first-order valence-corrected chi connectivity index (χ1v) is 9.70. The molecule has 1 saturated heterocycles. The third-order valence-corrected chi connectivity index (χ3v) is 5.30. The number of ether oxygens (including phenoxy) is 1. The molecule has 2 amide bonds. The number of imidazole rings is 1. The maximum Gasteiger partial charge on any atom is 0.229 e. The molecular weight excluding hydrogens is 368 g/mol. The van der Waals surface area contributed by atoms with Crippen molar-refractivity contribution < 1.29 is 14.3 Å². The molecule has 150 valence electrons. The number of rotatable bonds is 6. The summed E-state index contributed by atoms with van der Waals surface area (Å²) in [4.78, 5) is 34.4. The van der Waals surface area contributed by atoms with Crippen molar-refractivity contribution in [3.05, 3.63) is 53.9 Å². The Bertz CT molecular complexity index is 1060. The zero-order chi connectivity index (χ0) is 20.4. The van der Waals surface area contributed by atoms with Gasteiger partial charge in [-0.05, 0) is 43.2 Å². The van der Waals surface area contributed by atoms with Crippen LogP contribution in [-0.2, 0) is 16.0 Å². The second-order valence-electron chi connectivity index (χ2n) is 7.35. The summed E-state index contributed by atoms with van der Waals surface area (Å²) in [5.41, 5.74) is 3.49. The van der Waals surface area contributed by atoms with Crippen molar-refractivity contribution in [3.63, 3.8) is 0 Å². The summed E-state index contributed by atoms with van der Waals surface area (Å²) in [5, 5.41) is 2.93. The summed E-state index contributed by atoms with van der Waals surface area (Å²) in [6, 6.07) is 13.4. The Morgan fingerprint density at radius 3 is 2.97 bits per heavy atom. The second-order valence-corrected chi connectivity index (χ2v) is 7.35. The van der Waals surface area contributed by atoms with Crippen molar-refractivity contribution in [2.24, 2.45) is 5.92 Å². The fraction of sp³-hybridized carbons (Fsp3) is 0.318. The molecule has 1 aliphatic rings. The number of fused-ring (bicyclic) bond motifs is 1. The highest BCUT2D eigenvalue weighted by Crippen LogP contribution is 2.24. The van der Waals surface area contributed by atoms with Gasteiger partial charge in [0.05, 0.1) is 24.1 Å². The molecule has 29 heavy (non-hydrogen) atoms. The third kappa shape index (κ3) is 4.08. The maximum absolute atomic E-state index is 12.7. The van der Waals surface area contributed by atoms with Gasteiger partial charge in [0.2, 0.25) is 11.8 Å². The van der Waals surface area contributed by atoms with Crippen LogP contribution in [0.15, 0.2) is 42.5 Å². The van der Waals surface area contributed by atoms with Gasteiger partial charge in [-0.3, -0.25) is 9.59 Å². The van der Waals surface area contributed by atoms with Crippen LogP contribution in [-0.4, -0.2) is 46.9 Å². The lowest BCUT2D eigenvalue weighted by molar-refractivity contribution is -0.128. The van der Waals surface area contributed by atoms with E-state index in [1.54, 1.807) is 12.0 Å². The molecule has 0 radical (unpaired) electrons. The van der Waals surface area contributed by atoms with Crippen LogP contribution < -0.4 is 10.1 Å². The number of para-hydroxylation sites is 1. The number of nitrogens with zero attached hydrogens (tertiary/aromatic N) is 2. The monoisotopic (exact) mass is 392 g/mol. The number of hydrogen-bond acceptors (Lipinski definition) is 4. The Morgan fingerprint density at radius 1 is 1.31 bits per heavy atom. The number of amides is 2. The number of aromatic nitrogens is 2. The maximum atomic E-state index is 12.7. The lowest BCUT2D eigenvalue weighted by Crippen LogP contribution is -2.30. The zero-order valence-corrected chi connectivity index (χ0v) is 16.6. The van der Waals surface area contributed by atoms with E-state index in [0.717, 1.165) is 28.2 Å². The third-order valence-electron chi connectivity index (χ3n) is 5.30. The number of anilines is 1. The molecule has 2 heterocycles. The van der Waals surface area contributed by atoms with Gasteiger partial charge in [0, 0.05) is 25.2 Å². The lowest BCUT2D eigenvalue weighted by Gasteiger charge is -2.17. The number of methoxy groups -OCH3 is 1. The molecule has 0 unspecified atom stereocenters. The molecule has 2 N–H and O–H groups in total. The average molecular weight is 392 g/mol. The van der Waals surface area contributed by atoms with Crippen molar-refractivity contribution in [2.45, 2.75) is 19.8 Å². The number of benzene rings is 2. The highest BCUT2D eigenvalue weighted by molar-refractivity contribution is 5.98. The number of likely N-dealkylation sites (tertiary alicyclic amines) is 1. The van der Waals surface area contributed by atoms with Crippen LogP contribution in [0.5, 0.6) is 5.75 Å². The van der Waals surface area contributed by atoms with E-state index in [4.69, 9.17) is 4.74 Å². The molecule has 1 aliphatic heterocycles. The summed E-state index contributed by atoms with van der Waals surface area (Å²) in [5.74, 6) is 1.18. The van der Waals surface area contributed by atoms with Crippen LogP contribution in [0.3, 0.4) is 0 Å². The molecule has 3 aromatic rings. The Balaban J connectivity index is 1.37. The Labute approximate surface area is 169 Å². The fourth-order valence-corrected chi connectivity index (χ4v) is 3.79. The molecule has 4 rings (SSSR count). The van der Waals surface area contributed by atoms with Crippen LogP contribution in [0.2, 0.25) is 0 Å². The smallest absolute Gasteiger partial charge is 0.229 e. The minimum absolute atomic E-state index is 0.0136. The summed E-state index contributed by atoms with van der Waals surface area (Å²) in [6.45, 7) is 2.90. The summed E-state index contributed by atoms with van der Waals surface area (Å²) in [6.07, 6.45) is 0.934. The van der Waals surface area contributed by atoms with E-state index in [1.807, 2.05) is 49.4 Å². The van der Waals surface area contributed by atoms with Gasteiger partial charge in [-0.2, -0.15) is 0 Å². The molecule has 7 heteroatoms. The van der Waals surface area contributed by atoms with E-state index in [2.05, 4.69) is 15.3 Å².